The topological polar surface area (TPSA) is 44.1 Å². The second kappa shape index (κ2) is 6.21. The van der Waals surface area contributed by atoms with E-state index >= 15 is 0 Å². The molecule has 0 aliphatic heterocycles. The lowest BCUT2D eigenvalue weighted by Gasteiger charge is -2.23. The molecule has 0 aromatic carbocycles. The van der Waals surface area contributed by atoms with Gasteiger partial charge in [-0.05, 0) is 51.2 Å². The monoisotopic (exact) mass is 276 g/mol. The van der Waals surface area contributed by atoms with Crippen LogP contribution in [0.2, 0.25) is 0 Å². The van der Waals surface area contributed by atoms with Crippen molar-refractivity contribution in [3.05, 3.63) is 21.4 Å². The van der Waals surface area contributed by atoms with Crippen LogP contribution < -0.4 is 0 Å². The van der Waals surface area contributed by atoms with E-state index in [1.54, 1.807) is 16.2 Å². The predicted molar refractivity (Wildman–Crippen MR) is 77.4 cm³/mol. The smallest absolute Gasteiger partial charge is 0.265 e. The standard InChI is InChI=1S/C15H20N2OS/c1-11(2)17(9-8-16)15(18)14-10-12-6-4-3-5-7-13(12)19-14/h10-11H,3-7,9H2,1-2H3. The number of carbonyl (C=O) groups is 1. The van der Waals surface area contributed by atoms with Gasteiger partial charge in [0.1, 0.15) is 6.54 Å². The summed E-state index contributed by atoms with van der Waals surface area (Å²) >= 11 is 1.63. The summed E-state index contributed by atoms with van der Waals surface area (Å²) in [4.78, 5) is 16.3. The first kappa shape index (κ1) is 14.1. The molecule has 4 heteroatoms. The fraction of sp³-hybridized carbons (Fsp3) is 0.600. The molecule has 0 unspecified atom stereocenters. The SMILES string of the molecule is CC(C)N(CC#N)C(=O)c1cc2c(s1)CCCCC2. The maximum absolute atomic E-state index is 12.5. The Hall–Kier alpha value is -1.34. The van der Waals surface area contributed by atoms with E-state index in [1.807, 2.05) is 13.8 Å². The fourth-order valence-electron chi connectivity index (χ4n) is 2.48. The molecule has 0 N–H and O–H groups in total. The van der Waals surface area contributed by atoms with E-state index < -0.39 is 0 Å². The number of nitriles is 1. The Morgan fingerprint density at radius 3 is 2.84 bits per heavy atom. The van der Waals surface area contributed by atoms with Crippen LogP contribution in [0.4, 0.5) is 0 Å². The van der Waals surface area contributed by atoms with Crippen LogP contribution in [-0.2, 0) is 12.8 Å². The molecule has 0 fully saturated rings. The van der Waals surface area contributed by atoms with E-state index in [0.717, 1.165) is 17.7 Å². The van der Waals surface area contributed by atoms with Gasteiger partial charge in [-0.15, -0.1) is 11.3 Å². The van der Waals surface area contributed by atoms with Gasteiger partial charge in [0.25, 0.3) is 5.91 Å². The van der Waals surface area contributed by atoms with Gasteiger partial charge in [-0.25, -0.2) is 0 Å². The summed E-state index contributed by atoms with van der Waals surface area (Å²) in [5, 5.41) is 8.84. The van der Waals surface area contributed by atoms with E-state index in [9.17, 15) is 4.79 Å². The molecule has 2 rings (SSSR count). The number of hydrogen-bond acceptors (Lipinski definition) is 3. The third kappa shape index (κ3) is 3.16. The number of rotatable bonds is 3. The van der Waals surface area contributed by atoms with Crippen molar-refractivity contribution in [2.75, 3.05) is 6.54 Å². The first-order valence-electron chi connectivity index (χ1n) is 6.93. The Bertz CT molecular complexity index is 475. The Morgan fingerprint density at radius 2 is 2.16 bits per heavy atom. The van der Waals surface area contributed by atoms with Crippen LogP contribution >= 0.6 is 11.3 Å². The van der Waals surface area contributed by atoms with Gasteiger partial charge in [0.15, 0.2) is 0 Å². The van der Waals surface area contributed by atoms with E-state index in [4.69, 9.17) is 5.26 Å². The lowest BCUT2D eigenvalue weighted by molar-refractivity contribution is 0.0736. The van der Waals surface area contributed by atoms with Gasteiger partial charge >= 0.3 is 0 Å². The van der Waals surface area contributed by atoms with Crippen molar-refractivity contribution in [2.24, 2.45) is 0 Å². The predicted octanol–water partition coefficient (Wildman–Crippen LogP) is 3.39. The molecule has 1 aliphatic rings. The minimum Gasteiger partial charge on any atom is -0.322 e. The second-order valence-corrected chi connectivity index (χ2v) is 6.44. The second-order valence-electron chi connectivity index (χ2n) is 5.30. The first-order valence-corrected chi connectivity index (χ1v) is 7.74. The molecular weight excluding hydrogens is 256 g/mol. The molecule has 1 heterocycles. The normalized spacial score (nSPS) is 14.6. The minimum atomic E-state index is 0.00891. The summed E-state index contributed by atoms with van der Waals surface area (Å²) in [7, 11) is 0. The van der Waals surface area contributed by atoms with Crippen molar-refractivity contribution in [1.29, 1.82) is 5.26 Å². The van der Waals surface area contributed by atoms with Gasteiger partial charge in [-0.3, -0.25) is 4.79 Å². The molecular formula is C15H20N2OS. The zero-order valence-electron chi connectivity index (χ0n) is 11.6. The van der Waals surface area contributed by atoms with E-state index in [-0.39, 0.29) is 18.5 Å². The van der Waals surface area contributed by atoms with E-state index in [2.05, 4.69) is 12.1 Å². The number of fused-ring (bicyclic) bond motifs is 1. The van der Waals surface area contributed by atoms with Crippen LogP contribution in [0, 0.1) is 11.3 Å². The van der Waals surface area contributed by atoms with Crippen LogP contribution in [0.25, 0.3) is 0 Å². The minimum absolute atomic E-state index is 0.00891. The molecule has 1 aromatic rings. The number of thiophene rings is 1. The Morgan fingerprint density at radius 1 is 1.42 bits per heavy atom. The lowest BCUT2D eigenvalue weighted by Crippen LogP contribution is -2.36. The van der Waals surface area contributed by atoms with Crippen molar-refractivity contribution < 1.29 is 4.79 Å². The highest BCUT2D eigenvalue weighted by molar-refractivity contribution is 7.14. The van der Waals surface area contributed by atoms with Crippen molar-refractivity contribution >= 4 is 17.2 Å². The molecule has 1 aliphatic carbocycles. The van der Waals surface area contributed by atoms with Crippen molar-refractivity contribution in [2.45, 2.75) is 52.0 Å². The van der Waals surface area contributed by atoms with Gasteiger partial charge in [0.2, 0.25) is 0 Å². The summed E-state index contributed by atoms with van der Waals surface area (Å²) < 4.78 is 0. The quantitative estimate of drug-likeness (QED) is 0.627. The van der Waals surface area contributed by atoms with Crippen LogP contribution in [0.15, 0.2) is 6.07 Å². The van der Waals surface area contributed by atoms with Crippen LogP contribution in [0.3, 0.4) is 0 Å². The third-order valence-corrected chi connectivity index (χ3v) is 4.81. The average molecular weight is 276 g/mol. The Kier molecular flexibility index (Phi) is 4.60. The number of carbonyl (C=O) groups excluding carboxylic acids is 1. The number of hydrogen-bond donors (Lipinski definition) is 0. The van der Waals surface area contributed by atoms with Crippen LogP contribution in [0.5, 0.6) is 0 Å². The molecule has 1 aromatic heterocycles. The van der Waals surface area contributed by atoms with Gasteiger partial charge in [0.05, 0.1) is 10.9 Å². The molecule has 3 nitrogen and oxygen atoms in total. The Labute approximate surface area is 118 Å². The maximum atomic E-state index is 12.5. The molecule has 0 spiro atoms. The molecule has 0 atom stereocenters. The van der Waals surface area contributed by atoms with Gasteiger partial charge in [-0.2, -0.15) is 5.26 Å². The molecule has 19 heavy (non-hydrogen) atoms. The highest BCUT2D eigenvalue weighted by Crippen LogP contribution is 2.29. The maximum Gasteiger partial charge on any atom is 0.265 e. The van der Waals surface area contributed by atoms with Crippen molar-refractivity contribution in [3.8, 4) is 6.07 Å². The molecule has 0 bridgehead atoms. The third-order valence-electron chi connectivity index (χ3n) is 3.58. The number of nitrogens with zero attached hydrogens (tertiary/aromatic N) is 2. The molecule has 0 saturated carbocycles. The highest BCUT2D eigenvalue weighted by atomic mass is 32.1. The zero-order valence-corrected chi connectivity index (χ0v) is 12.4. The van der Waals surface area contributed by atoms with E-state index in [1.165, 1.54) is 29.7 Å². The first-order chi connectivity index (χ1) is 9.13. The summed E-state index contributed by atoms with van der Waals surface area (Å²) in [6, 6.07) is 4.20. The number of aryl methyl sites for hydroxylation is 2. The van der Waals surface area contributed by atoms with Crippen LogP contribution in [0.1, 0.15) is 53.2 Å². The van der Waals surface area contributed by atoms with Crippen molar-refractivity contribution in [3.63, 3.8) is 0 Å². The molecule has 0 saturated heterocycles. The molecule has 0 radical (unpaired) electrons. The lowest BCUT2D eigenvalue weighted by atomic mass is 10.1. The summed E-state index contributed by atoms with van der Waals surface area (Å²) in [5.74, 6) is 0.00891. The molecule has 102 valence electrons. The summed E-state index contributed by atoms with van der Waals surface area (Å²) in [6.07, 6.45) is 5.94. The zero-order chi connectivity index (χ0) is 13.8. The highest BCUT2D eigenvalue weighted by Gasteiger charge is 2.22. The van der Waals surface area contributed by atoms with Crippen LogP contribution in [-0.4, -0.2) is 23.4 Å². The fourth-order valence-corrected chi connectivity index (χ4v) is 3.69. The Balaban J connectivity index is 2.22. The van der Waals surface area contributed by atoms with Crippen molar-refractivity contribution in [1.82, 2.24) is 4.90 Å². The average Bonchev–Trinajstić information content (AvgIpc) is 2.66. The molecule has 1 amide bonds. The van der Waals surface area contributed by atoms with E-state index in [0.29, 0.717) is 0 Å². The van der Waals surface area contributed by atoms with Gasteiger partial charge < -0.3 is 4.90 Å². The summed E-state index contributed by atoms with van der Waals surface area (Å²) in [5.41, 5.74) is 1.35. The number of amides is 1. The van der Waals surface area contributed by atoms with Gasteiger partial charge in [-0.1, -0.05) is 6.42 Å². The largest absolute Gasteiger partial charge is 0.322 e. The summed E-state index contributed by atoms with van der Waals surface area (Å²) in [6.45, 7) is 4.07. The van der Waals surface area contributed by atoms with Gasteiger partial charge in [0, 0.05) is 10.9 Å².